The quantitative estimate of drug-likeness (QED) is 0.577. The molecule has 146 valence electrons. The van der Waals surface area contributed by atoms with Crippen LogP contribution in [0.15, 0.2) is 59.1 Å². The molecule has 2 aromatic carbocycles. The van der Waals surface area contributed by atoms with Crippen molar-refractivity contribution < 1.29 is 18.3 Å². The van der Waals surface area contributed by atoms with Gasteiger partial charge in [-0.1, -0.05) is 12.1 Å². The number of rotatable bonds is 8. The molecule has 0 saturated heterocycles. The van der Waals surface area contributed by atoms with Gasteiger partial charge in [-0.05, 0) is 48.9 Å². The molecule has 0 aliphatic carbocycles. The SMILES string of the molecule is CCN(Cc1ccc(OC)cc1)C(=O)CCc1ncc(-c2ccc(F)cc2)o1. The van der Waals surface area contributed by atoms with Crippen molar-refractivity contribution in [3.8, 4) is 17.1 Å². The Balaban J connectivity index is 1.56. The molecule has 3 rings (SSSR count). The largest absolute Gasteiger partial charge is 0.497 e. The fraction of sp³-hybridized carbons (Fsp3) is 0.273. The molecule has 28 heavy (non-hydrogen) atoms. The van der Waals surface area contributed by atoms with Crippen molar-refractivity contribution in [3.05, 3.63) is 72.0 Å². The van der Waals surface area contributed by atoms with Gasteiger partial charge in [0.05, 0.1) is 13.3 Å². The van der Waals surface area contributed by atoms with Gasteiger partial charge in [-0.3, -0.25) is 4.79 Å². The van der Waals surface area contributed by atoms with Gasteiger partial charge >= 0.3 is 0 Å². The fourth-order valence-corrected chi connectivity index (χ4v) is 2.87. The minimum atomic E-state index is -0.300. The maximum atomic E-state index is 13.0. The van der Waals surface area contributed by atoms with Gasteiger partial charge in [-0.15, -0.1) is 0 Å². The normalized spacial score (nSPS) is 10.7. The minimum absolute atomic E-state index is 0.0415. The molecule has 0 fully saturated rings. The highest BCUT2D eigenvalue weighted by atomic mass is 19.1. The summed E-state index contributed by atoms with van der Waals surface area (Å²) in [6, 6.07) is 13.7. The number of halogens is 1. The molecular weight excluding hydrogens is 359 g/mol. The Hall–Kier alpha value is -3.15. The number of benzene rings is 2. The number of amides is 1. The van der Waals surface area contributed by atoms with Gasteiger partial charge in [0.15, 0.2) is 11.7 Å². The molecule has 0 unspecified atom stereocenters. The Bertz CT molecular complexity index is 904. The van der Waals surface area contributed by atoms with Crippen molar-refractivity contribution in [2.45, 2.75) is 26.3 Å². The van der Waals surface area contributed by atoms with Crippen molar-refractivity contribution >= 4 is 5.91 Å². The topological polar surface area (TPSA) is 55.6 Å². The van der Waals surface area contributed by atoms with E-state index in [1.807, 2.05) is 31.2 Å². The first kappa shape index (κ1) is 19.6. The molecule has 0 bridgehead atoms. The van der Waals surface area contributed by atoms with E-state index in [0.717, 1.165) is 16.9 Å². The molecule has 0 radical (unpaired) electrons. The third-order valence-electron chi connectivity index (χ3n) is 4.50. The van der Waals surface area contributed by atoms with Gasteiger partial charge in [0.25, 0.3) is 0 Å². The van der Waals surface area contributed by atoms with Gasteiger partial charge in [-0.25, -0.2) is 9.37 Å². The molecular formula is C22H23FN2O3. The monoisotopic (exact) mass is 382 g/mol. The van der Waals surface area contributed by atoms with Crippen LogP contribution >= 0.6 is 0 Å². The lowest BCUT2D eigenvalue weighted by Crippen LogP contribution is -2.30. The summed E-state index contributed by atoms with van der Waals surface area (Å²) in [6.45, 7) is 3.13. The summed E-state index contributed by atoms with van der Waals surface area (Å²) in [5.74, 6) is 1.59. The van der Waals surface area contributed by atoms with Crippen molar-refractivity contribution in [3.63, 3.8) is 0 Å². The van der Waals surface area contributed by atoms with Crippen LogP contribution in [0.3, 0.4) is 0 Å². The number of methoxy groups -OCH3 is 1. The zero-order chi connectivity index (χ0) is 19.9. The predicted octanol–water partition coefficient (Wildman–Crippen LogP) is 4.47. The van der Waals surface area contributed by atoms with Gasteiger partial charge < -0.3 is 14.1 Å². The molecule has 0 aliphatic rings. The van der Waals surface area contributed by atoms with E-state index in [0.29, 0.717) is 37.6 Å². The summed E-state index contributed by atoms with van der Waals surface area (Å²) in [5, 5.41) is 0. The number of oxazole rings is 1. The van der Waals surface area contributed by atoms with Crippen LogP contribution in [0.1, 0.15) is 24.8 Å². The summed E-state index contributed by atoms with van der Waals surface area (Å²) >= 11 is 0. The van der Waals surface area contributed by atoms with E-state index in [9.17, 15) is 9.18 Å². The van der Waals surface area contributed by atoms with E-state index in [-0.39, 0.29) is 11.7 Å². The summed E-state index contributed by atoms with van der Waals surface area (Å²) in [4.78, 5) is 18.6. The molecule has 0 atom stereocenters. The average Bonchev–Trinajstić information content (AvgIpc) is 3.20. The number of hydrogen-bond acceptors (Lipinski definition) is 4. The standard InChI is InChI=1S/C22H23FN2O3/c1-3-25(15-16-4-10-19(27-2)11-5-16)22(26)13-12-21-24-14-20(28-21)17-6-8-18(23)9-7-17/h4-11,14H,3,12-13,15H2,1-2H3. The van der Waals surface area contributed by atoms with Gasteiger partial charge in [0, 0.05) is 31.5 Å². The van der Waals surface area contributed by atoms with E-state index >= 15 is 0 Å². The number of aromatic nitrogens is 1. The van der Waals surface area contributed by atoms with Gasteiger partial charge in [0.1, 0.15) is 11.6 Å². The Kier molecular flexibility index (Phi) is 6.42. The van der Waals surface area contributed by atoms with E-state index in [1.54, 1.807) is 30.3 Å². The van der Waals surface area contributed by atoms with Crippen LogP contribution in [0.2, 0.25) is 0 Å². The molecule has 0 saturated carbocycles. The molecule has 6 heteroatoms. The van der Waals surface area contributed by atoms with Crippen LogP contribution in [0.4, 0.5) is 4.39 Å². The third-order valence-corrected chi connectivity index (χ3v) is 4.50. The lowest BCUT2D eigenvalue weighted by atomic mass is 10.2. The highest BCUT2D eigenvalue weighted by Gasteiger charge is 2.14. The maximum Gasteiger partial charge on any atom is 0.223 e. The number of hydrogen-bond donors (Lipinski definition) is 0. The second kappa shape index (κ2) is 9.17. The van der Waals surface area contributed by atoms with Crippen molar-refractivity contribution in [2.75, 3.05) is 13.7 Å². The molecule has 0 N–H and O–H groups in total. The number of carbonyl (C=O) groups excluding carboxylic acids is 1. The van der Waals surface area contributed by atoms with Crippen molar-refractivity contribution in [1.82, 2.24) is 9.88 Å². The maximum absolute atomic E-state index is 13.0. The second-order valence-corrected chi connectivity index (χ2v) is 6.38. The highest BCUT2D eigenvalue weighted by molar-refractivity contribution is 5.76. The highest BCUT2D eigenvalue weighted by Crippen LogP contribution is 2.21. The first-order chi connectivity index (χ1) is 13.6. The first-order valence-corrected chi connectivity index (χ1v) is 9.20. The Morgan fingerprint density at radius 2 is 1.86 bits per heavy atom. The van der Waals surface area contributed by atoms with Crippen LogP contribution in [-0.4, -0.2) is 29.4 Å². The first-order valence-electron chi connectivity index (χ1n) is 9.20. The van der Waals surface area contributed by atoms with Crippen molar-refractivity contribution in [1.29, 1.82) is 0 Å². The third kappa shape index (κ3) is 4.97. The predicted molar refractivity (Wildman–Crippen MR) is 104 cm³/mol. The number of ether oxygens (including phenoxy) is 1. The summed E-state index contributed by atoms with van der Waals surface area (Å²) in [6.07, 6.45) is 2.33. The Morgan fingerprint density at radius 3 is 2.50 bits per heavy atom. The molecule has 1 aromatic heterocycles. The zero-order valence-electron chi connectivity index (χ0n) is 16.0. The van der Waals surface area contributed by atoms with Crippen LogP contribution in [0, 0.1) is 5.82 Å². The molecule has 1 heterocycles. The lowest BCUT2D eigenvalue weighted by Gasteiger charge is -2.21. The summed E-state index contributed by atoms with van der Waals surface area (Å²) in [5.41, 5.74) is 1.80. The Morgan fingerprint density at radius 1 is 1.14 bits per heavy atom. The molecule has 1 amide bonds. The van der Waals surface area contributed by atoms with E-state index < -0.39 is 0 Å². The minimum Gasteiger partial charge on any atom is -0.497 e. The van der Waals surface area contributed by atoms with E-state index in [4.69, 9.17) is 9.15 Å². The summed E-state index contributed by atoms with van der Waals surface area (Å²) < 4.78 is 23.9. The second-order valence-electron chi connectivity index (χ2n) is 6.38. The fourth-order valence-electron chi connectivity index (χ4n) is 2.87. The lowest BCUT2D eigenvalue weighted by molar-refractivity contribution is -0.131. The molecule has 5 nitrogen and oxygen atoms in total. The van der Waals surface area contributed by atoms with Gasteiger partial charge in [0.2, 0.25) is 5.91 Å². The Labute approximate surface area is 163 Å². The molecule has 0 aliphatic heterocycles. The van der Waals surface area contributed by atoms with Crippen LogP contribution < -0.4 is 4.74 Å². The zero-order valence-corrected chi connectivity index (χ0v) is 16.0. The van der Waals surface area contributed by atoms with E-state index in [1.165, 1.54) is 12.1 Å². The average molecular weight is 382 g/mol. The number of nitrogens with zero attached hydrogens (tertiary/aromatic N) is 2. The molecule has 0 spiro atoms. The van der Waals surface area contributed by atoms with E-state index in [2.05, 4.69) is 4.98 Å². The molecule has 3 aromatic rings. The van der Waals surface area contributed by atoms with Crippen LogP contribution in [-0.2, 0) is 17.8 Å². The van der Waals surface area contributed by atoms with Crippen LogP contribution in [0.5, 0.6) is 5.75 Å². The number of carbonyl (C=O) groups is 1. The number of aryl methyl sites for hydroxylation is 1. The van der Waals surface area contributed by atoms with Gasteiger partial charge in [-0.2, -0.15) is 0 Å². The summed E-state index contributed by atoms with van der Waals surface area (Å²) in [7, 11) is 1.63. The van der Waals surface area contributed by atoms with Crippen LogP contribution in [0.25, 0.3) is 11.3 Å². The van der Waals surface area contributed by atoms with Crippen molar-refractivity contribution in [2.24, 2.45) is 0 Å². The smallest absolute Gasteiger partial charge is 0.223 e.